The second kappa shape index (κ2) is 8.18. The van der Waals surface area contributed by atoms with E-state index < -0.39 is 15.8 Å². The maximum Gasteiger partial charge on any atom is 0.243 e. The van der Waals surface area contributed by atoms with Gasteiger partial charge in [0.2, 0.25) is 16.8 Å². The van der Waals surface area contributed by atoms with Crippen LogP contribution >= 0.6 is 0 Å². The van der Waals surface area contributed by atoms with E-state index in [0.29, 0.717) is 24.3 Å². The molecule has 0 unspecified atom stereocenters. The molecule has 5 atom stereocenters. The fourth-order valence-electron chi connectivity index (χ4n) is 6.25. The van der Waals surface area contributed by atoms with E-state index in [1.807, 2.05) is 45.0 Å². The largest absolute Gasteiger partial charge is 0.454 e. The Morgan fingerprint density at radius 3 is 2.37 bits per heavy atom. The molecule has 4 aliphatic rings. The van der Waals surface area contributed by atoms with E-state index >= 15 is 0 Å². The molecular formula is C26H31NO7S. The second-order valence-corrected chi connectivity index (χ2v) is 12.4. The maximum absolute atomic E-state index is 14.1. The lowest BCUT2D eigenvalue weighted by atomic mass is 9.72. The van der Waals surface area contributed by atoms with Crippen molar-refractivity contribution in [1.29, 1.82) is 0 Å². The first-order chi connectivity index (χ1) is 16.7. The first-order valence-electron chi connectivity index (χ1n) is 12.1. The maximum atomic E-state index is 14.1. The molecule has 9 heteroatoms. The Bertz CT molecular complexity index is 1240. The standard InChI is InChI=1S/C26H31NO7S/c1-15-4-6-17(7-5-15)35(29,30)27-12-16-8-22-23(32-14-31-22)9-18(16)20(13-28)19-10-24-25(11-21(19)27)34-26(2,3)33-24/h4-9,19-21,24-25,28H,10-14H2,1-3H3/t19-,20-,21-,24+,25-/m0/s1. The number of benzene rings is 2. The zero-order chi connectivity index (χ0) is 24.5. The average molecular weight is 502 g/mol. The fraction of sp³-hybridized carbons (Fsp3) is 0.538. The Kier molecular flexibility index (Phi) is 5.43. The third kappa shape index (κ3) is 3.84. The number of aliphatic hydroxyl groups excluding tert-OH is 1. The first kappa shape index (κ1) is 23.2. The van der Waals surface area contributed by atoms with E-state index in [0.717, 1.165) is 16.7 Å². The SMILES string of the molecule is Cc1ccc(S(=O)(=O)N2Cc3cc4c(cc3[C@H](CO)[C@@H]3C[C@H]5OC(C)(C)O[C@H]5C[C@@H]32)OCO4)cc1. The van der Waals surface area contributed by atoms with Crippen LogP contribution in [0.3, 0.4) is 0 Å². The number of hydrogen-bond donors (Lipinski definition) is 1. The van der Waals surface area contributed by atoms with Crippen molar-refractivity contribution in [2.45, 2.75) is 75.0 Å². The Morgan fingerprint density at radius 2 is 1.69 bits per heavy atom. The van der Waals surface area contributed by atoms with E-state index in [1.54, 1.807) is 16.4 Å². The normalized spacial score (nSPS) is 31.4. The number of ether oxygens (including phenoxy) is 4. The molecular weight excluding hydrogens is 470 g/mol. The molecule has 0 bridgehead atoms. The van der Waals surface area contributed by atoms with Gasteiger partial charge >= 0.3 is 0 Å². The molecule has 6 rings (SSSR count). The summed E-state index contributed by atoms with van der Waals surface area (Å²) in [6.45, 7) is 5.92. The summed E-state index contributed by atoms with van der Waals surface area (Å²) in [6.07, 6.45) is 0.734. The molecule has 1 aliphatic carbocycles. The van der Waals surface area contributed by atoms with Crippen LogP contribution in [-0.2, 0) is 26.0 Å². The molecule has 2 fully saturated rings. The molecule has 2 aromatic rings. The van der Waals surface area contributed by atoms with Gasteiger partial charge in [-0.15, -0.1) is 0 Å². The summed E-state index contributed by atoms with van der Waals surface area (Å²) >= 11 is 0. The van der Waals surface area contributed by atoms with Crippen LogP contribution in [0.5, 0.6) is 11.5 Å². The van der Waals surface area contributed by atoms with E-state index in [4.69, 9.17) is 18.9 Å². The Labute approximate surface area is 205 Å². The van der Waals surface area contributed by atoms with Crippen LogP contribution in [-0.4, -0.2) is 55.3 Å². The van der Waals surface area contributed by atoms with Gasteiger partial charge in [-0.05, 0) is 74.9 Å². The van der Waals surface area contributed by atoms with Crippen molar-refractivity contribution < 1.29 is 32.5 Å². The lowest BCUT2D eigenvalue weighted by Crippen LogP contribution is -2.51. The van der Waals surface area contributed by atoms with E-state index in [-0.39, 0.29) is 54.9 Å². The Balaban J connectivity index is 1.49. The van der Waals surface area contributed by atoms with Crippen LogP contribution in [0.25, 0.3) is 0 Å². The number of nitrogens with zero attached hydrogens (tertiary/aromatic N) is 1. The number of hydrogen-bond acceptors (Lipinski definition) is 7. The van der Waals surface area contributed by atoms with Crippen LogP contribution in [0.2, 0.25) is 0 Å². The Hall–Kier alpha value is -2.17. The van der Waals surface area contributed by atoms with Gasteiger partial charge in [-0.3, -0.25) is 0 Å². The van der Waals surface area contributed by atoms with E-state index in [2.05, 4.69) is 0 Å². The minimum Gasteiger partial charge on any atom is -0.454 e. The van der Waals surface area contributed by atoms with Gasteiger partial charge in [0.15, 0.2) is 17.3 Å². The molecule has 188 valence electrons. The summed E-state index contributed by atoms with van der Waals surface area (Å²) in [5, 5.41) is 10.6. The van der Waals surface area contributed by atoms with Crippen molar-refractivity contribution >= 4 is 10.0 Å². The molecule has 0 amide bonds. The highest BCUT2D eigenvalue weighted by Gasteiger charge is 2.54. The molecule has 35 heavy (non-hydrogen) atoms. The van der Waals surface area contributed by atoms with Crippen molar-refractivity contribution in [3.63, 3.8) is 0 Å². The molecule has 1 N–H and O–H groups in total. The topological polar surface area (TPSA) is 94.5 Å². The lowest BCUT2D eigenvalue weighted by Gasteiger charge is -2.43. The van der Waals surface area contributed by atoms with Crippen molar-refractivity contribution in [3.05, 3.63) is 53.1 Å². The lowest BCUT2D eigenvalue weighted by molar-refractivity contribution is -0.146. The van der Waals surface area contributed by atoms with Crippen LogP contribution in [0.1, 0.15) is 49.3 Å². The number of rotatable bonds is 3. The smallest absolute Gasteiger partial charge is 0.243 e. The number of aliphatic hydroxyl groups is 1. The van der Waals surface area contributed by atoms with Gasteiger partial charge in [0.05, 0.1) is 23.7 Å². The quantitative estimate of drug-likeness (QED) is 0.690. The molecule has 1 saturated heterocycles. The van der Waals surface area contributed by atoms with Gasteiger partial charge in [0.25, 0.3) is 0 Å². The van der Waals surface area contributed by atoms with Crippen molar-refractivity contribution in [2.75, 3.05) is 13.4 Å². The van der Waals surface area contributed by atoms with Gasteiger partial charge in [-0.25, -0.2) is 8.42 Å². The molecule has 3 aliphatic heterocycles. The van der Waals surface area contributed by atoms with Gasteiger partial charge in [-0.2, -0.15) is 4.31 Å². The summed E-state index contributed by atoms with van der Waals surface area (Å²) in [7, 11) is -3.84. The summed E-state index contributed by atoms with van der Waals surface area (Å²) in [5.74, 6) is 0.0850. The molecule has 2 aromatic carbocycles. The van der Waals surface area contributed by atoms with Crippen LogP contribution < -0.4 is 9.47 Å². The third-order valence-electron chi connectivity index (χ3n) is 7.83. The summed E-state index contributed by atoms with van der Waals surface area (Å²) < 4.78 is 53.4. The van der Waals surface area contributed by atoms with Crippen molar-refractivity contribution in [3.8, 4) is 11.5 Å². The number of fused-ring (bicyclic) bond motifs is 4. The first-order valence-corrected chi connectivity index (χ1v) is 13.6. The van der Waals surface area contributed by atoms with Crippen LogP contribution in [0.15, 0.2) is 41.3 Å². The minimum atomic E-state index is -3.84. The number of sulfonamides is 1. The van der Waals surface area contributed by atoms with E-state index in [1.165, 1.54) is 0 Å². The van der Waals surface area contributed by atoms with Gasteiger partial charge in [0, 0.05) is 18.5 Å². The van der Waals surface area contributed by atoms with Crippen LogP contribution in [0, 0.1) is 12.8 Å². The highest BCUT2D eigenvalue weighted by atomic mass is 32.2. The Morgan fingerprint density at radius 1 is 1.03 bits per heavy atom. The highest BCUT2D eigenvalue weighted by Crippen LogP contribution is 2.50. The van der Waals surface area contributed by atoms with Crippen molar-refractivity contribution in [1.82, 2.24) is 4.31 Å². The van der Waals surface area contributed by atoms with Gasteiger partial charge in [-0.1, -0.05) is 17.7 Å². The molecule has 8 nitrogen and oxygen atoms in total. The fourth-order valence-corrected chi connectivity index (χ4v) is 7.91. The summed E-state index contributed by atoms with van der Waals surface area (Å²) in [6, 6.07) is 10.4. The number of aryl methyl sites for hydroxylation is 1. The highest BCUT2D eigenvalue weighted by molar-refractivity contribution is 7.89. The summed E-state index contributed by atoms with van der Waals surface area (Å²) in [5.41, 5.74) is 2.73. The van der Waals surface area contributed by atoms with Crippen LogP contribution in [0.4, 0.5) is 0 Å². The molecule has 3 heterocycles. The summed E-state index contributed by atoms with van der Waals surface area (Å²) in [4.78, 5) is 0.262. The van der Waals surface area contributed by atoms with Crippen molar-refractivity contribution in [2.24, 2.45) is 5.92 Å². The second-order valence-electron chi connectivity index (χ2n) is 10.5. The van der Waals surface area contributed by atoms with E-state index in [9.17, 15) is 13.5 Å². The molecule has 1 saturated carbocycles. The minimum absolute atomic E-state index is 0.103. The van der Waals surface area contributed by atoms with Gasteiger partial charge < -0.3 is 24.1 Å². The third-order valence-corrected chi connectivity index (χ3v) is 9.71. The zero-order valence-electron chi connectivity index (χ0n) is 20.1. The molecule has 0 spiro atoms. The monoisotopic (exact) mass is 501 g/mol. The zero-order valence-corrected chi connectivity index (χ0v) is 21.0. The average Bonchev–Trinajstić information content (AvgIpc) is 3.35. The predicted molar refractivity (Wildman–Crippen MR) is 127 cm³/mol. The van der Waals surface area contributed by atoms with Gasteiger partial charge in [0.1, 0.15) is 0 Å². The molecule has 0 aromatic heterocycles. The predicted octanol–water partition coefficient (Wildman–Crippen LogP) is 3.30. The molecule has 0 radical (unpaired) electrons.